The molecule has 0 unspecified atom stereocenters. The highest BCUT2D eigenvalue weighted by Gasteiger charge is 2.17. The fraction of sp³-hybridized carbons (Fsp3) is 0.120. The molecule has 2 amide bonds. The first-order valence-corrected chi connectivity index (χ1v) is 11.5. The molecular formula is C25H22FN5O2S. The molecule has 1 atom stereocenters. The van der Waals surface area contributed by atoms with E-state index in [0.717, 1.165) is 17.3 Å². The number of halogens is 1. The number of benzene rings is 3. The van der Waals surface area contributed by atoms with Crippen molar-refractivity contribution in [2.24, 2.45) is 0 Å². The molecule has 1 heterocycles. The third-order valence-electron chi connectivity index (χ3n) is 5.05. The van der Waals surface area contributed by atoms with E-state index in [1.54, 1.807) is 42.5 Å². The first-order chi connectivity index (χ1) is 16.5. The SMILES string of the molecule is C[C@@H](NC(=O)c1ccccc1NC(=O)CSc1nncn1-c1ccccc1F)c1ccccc1. The summed E-state index contributed by atoms with van der Waals surface area (Å²) in [7, 11) is 0. The van der Waals surface area contributed by atoms with Crippen LogP contribution in [0.3, 0.4) is 0 Å². The molecule has 4 rings (SSSR count). The molecule has 0 aliphatic heterocycles. The summed E-state index contributed by atoms with van der Waals surface area (Å²) in [5, 5.41) is 13.9. The highest BCUT2D eigenvalue weighted by molar-refractivity contribution is 7.99. The lowest BCUT2D eigenvalue weighted by molar-refractivity contribution is -0.113. The smallest absolute Gasteiger partial charge is 0.253 e. The third-order valence-corrected chi connectivity index (χ3v) is 6.00. The monoisotopic (exact) mass is 475 g/mol. The summed E-state index contributed by atoms with van der Waals surface area (Å²) in [6.45, 7) is 1.90. The van der Waals surface area contributed by atoms with Crippen LogP contribution in [0.5, 0.6) is 0 Å². The van der Waals surface area contributed by atoms with Crippen molar-refractivity contribution in [3.63, 3.8) is 0 Å². The summed E-state index contributed by atoms with van der Waals surface area (Å²) in [5.74, 6) is -1.04. The van der Waals surface area contributed by atoms with E-state index >= 15 is 0 Å². The van der Waals surface area contributed by atoms with Crippen LogP contribution in [0.25, 0.3) is 5.69 Å². The van der Waals surface area contributed by atoms with Gasteiger partial charge >= 0.3 is 0 Å². The zero-order valence-electron chi connectivity index (χ0n) is 18.3. The molecule has 3 aromatic carbocycles. The summed E-state index contributed by atoms with van der Waals surface area (Å²) in [4.78, 5) is 25.5. The summed E-state index contributed by atoms with van der Waals surface area (Å²) in [6, 6.07) is 22.5. The van der Waals surface area contributed by atoms with E-state index < -0.39 is 5.82 Å². The van der Waals surface area contributed by atoms with Crippen LogP contribution in [0.15, 0.2) is 90.3 Å². The summed E-state index contributed by atoms with van der Waals surface area (Å²) in [5.41, 5.74) is 2.04. The molecule has 1 aromatic heterocycles. The van der Waals surface area contributed by atoms with Gasteiger partial charge in [0, 0.05) is 0 Å². The molecule has 0 fully saturated rings. The normalized spacial score (nSPS) is 11.6. The number of nitrogens with one attached hydrogen (secondary N) is 2. The lowest BCUT2D eigenvalue weighted by atomic mass is 10.1. The maximum Gasteiger partial charge on any atom is 0.253 e. The van der Waals surface area contributed by atoms with Gasteiger partial charge in [-0.2, -0.15) is 0 Å². The zero-order valence-corrected chi connectivity index (χ0v) is 19.1. The molecule has 4 aromatic rings. The molecule has 0 aliphatic rings. The van der Waals surface area contributed by atoms with E-state index in [4.69, 9.17) is 0 Å². The van der Waals surface area contributed by atoms with Gasteiger partial charge < -0.3 is 10.6 Å². The van der Waals surface area contributed by atoms with Gasteiger partial charge in [0.1, 0.15) is 12.1 Å². The fourth-order valence-corrected chi connectivity index (χ4v) is 4.06. The lowest BCUT2D eigenvalue weighted by Gasteiger charge is -2.16. The van der Waals surface area contributed by atoms with Crippen molar-refractivity contribution < 1.29 is 14.0 Å². The van der Waals surface area contributed by atoms with Crippen molar-refractivity contribution in [1.29, 1.82) is 0 Å². The Hall–Kier alpha value is -3.98. The van der Waals surface area contributed by atoms with Gasteiger partial charge in [-0.3, -0.25) is 14.2 Å². The second-order valence-electron chi connectivity index (χ2n) is 7.42. The Morgan fingerprint density at radius 2 is 1.71 bits per heavy atom. The van der Waals surface area contributed by atoms with Crippen LogP contribution in [-0.2, 0) is 4.79 Å². The fourth-order valence-electron chi connectivity index (χ4n) is 3.34. The van der Waals surface area contributed by atoms with Gasteiger partial charge in [-0.15, -0.1) is 10.2 Å². The van der Waals surface area contributed by atoms with Crippen molar-refractivity contribution in [2.45, 2.75) is 18.1 Å². The van der Waals surface area contributed by atoms with Crippen LogP contribution in [0.2, 0.25) is 0 Å². The van der Waals surface area contributed by atoms with Crippen molar-refractivity contribution in [3.05, 3.63) is 102 Å². The molecule has 0 saturated carbocycles. The number of nitrogens with zero attached hydrogens (tertiary/aromatic N) is 3. The predicted molar refractivity (Wildman–Crippen MR) is 129 cm³/mol. The van der Waals surface area contributed by atoms with Gasteiger partial charge in [0.2, 0.25) is 5.91 Å². The topological polar surface area (TPSA) is 88.9 Å². The summed E-state index contributed by atoms with van der Waals surface area (Å²) >= 11 is 1.12. The molecule has 0 aliphatic carbocycles. The van der Waals surface area contributed by atoms with Crippen LogP contribution in [0.4, 0.5) is 10.1 Å². The third kappa shape index (κ3) is 5.49. The molecule has 0 saturated heterocycles. The van der Waals surface area contributed by atoms with Crippen molar-refractivity contribution in [1.82, 2.24) is 20.1 Å². The number of anilines is 1. The number of hydrogen-bond acceptors (Lipinski definition) is 5. The van der Waals surface area contributed by atoms with Crippen LogP contribution >= 0.6 is 11.8 Å². The Morgan fingerprint density at radius 1 is 1.00 bits per heavy atom. The quantitative estimate of drug-likeness (QED) is 0.363. The van der Waals surface area contributed by atoms with E-state index in [0.29, 0.717) is 22.1 Å². The Kier molecular flexibility index (Phi) is 7.34. The van der Waals surface area contributed by atoms with Gasteiger partial charge in [-0.1, -0.05) is 66.4 Å². The van der Waals surface area contributed by atoms with Crippen LogP contribution in [-0.4, -0.2) is 32.3 Å². The second-order valence-corrected chi connectivity index (χ2v) is 8.37. The highest BCUT2D eigenvalue weighted by atomic mass is 32.2. The van der Waals surface area contributed by atoms with E-state index in [1.165, 1.54) is 17.0 Å². The zero-order chi connectivity index (χ0) is 23.9. The number of amides is 2. The maximum absolute atomic E-state index is 14.1. The van der Waals surface area contributed by atoms with Crippen molar-refractivity contribution in [3.8, 4) is 5.69 Å². The number of carbonyl (C=O) groups excluding carboxylic acids is 2. The second kappa shape index (κ2) is 10.8. The Bertz CT molecular complexity index is 1300. The van der Waals surface area contributed by atoms with Gasteiger partial charge in [-0.25, -0.2) is 4.39 Å². The highest BCUT2D eigenvalue weighted by Crippen LogP contribution is 2.23. The first kappa shape index (κ1) is 23.2. The van der Waals surface area contributed by atoms with E-state index in [-0.39, 0.29) is 23.6 Å². The Balaban J connectivity index is 1.41. The Labute approximate surface area is 200 Å². The van der Waals surface area contributed by atoms with E-state index in [2.05, 4.69) is 20.8 Å². The molecule has 0 spiro atoms. The lowest BCUT2D eigenvalue weighted by Crippen LogP contribution is -2.28. The number of carbonyl (C=O) groups is 2. The van der Waals surface area contributed by atoms with Crippen LogP contribution in [0, 0.1) is 5.82 Å². The largest absolute Gasteiger partial charge is 0.345 e. The van der Waals surface area contributed by atoms with Gasteiger partial charge in [0.25, 0.3) is 5.91 Å². The van der Waals surface area contributed by atoms with Gasteiger partial charge in [-0.05, 0) is 36.8 Å². The minimum absolute atomic E-state index is 0.00349. The summed E-state index contributed by atoms with van der Waals surface area (Å²) in [6.07, 6.45) is 1.40. The van der Waals surface area contributed by atoms with E-state index in [1.807, 2.05) is 37.3 Å². The number of para-hydroxylation sites is 2. The molecule has 0 radical (unpaired) electrons. The molecule has 172 valence electrons. The number of rotatable bonds is 8. The number of thioether (sulfide) groups is 1. The molecule has 9 heteroatoms. The minimum Gasteiger partial charge on any atom is -0.345 e. The minimum atomic E-state index is -0.418. The molecule has 2 N–H and O–H groups in total. The number of aromatic nitrogens is 3. The van der Waals surface area contributed by atoms with Crippen LogP contribution in [0.1, 0.15) is 28.9 Å². The van der Waals surface area contributed by atoms with Crippen LogP contribution < -0.4 is 10.6 Å². The molecule has 0 bridgehead atoms. The van der Waals surface area contributed by atoms with E-state index in [9.17, 15) is 14.0 Å². The van der Waals surface area contributed by atoms with Gasteiger partial charge in [0.15, 0.2) is 5.16 Å². The molecule has 7 nitrogen and oxygen atoms in total. The standard InChI is InChI=1S/C25H22FN5O2S/c1-17(18-9-3-2-4-10-18)28-24(33)19-11-5-7-13-21(19)29-23(32)15-34-25-30-27-16-31(25)22-14-8-6-12-20(22)26/h2-14,16-17H,15H2,1H3,(H,28,33)(H,29,32)/t17-/m1/s1. The van der Waals surface area contributed by atoms with Crippen molar-refractivity contribution >= 4 is 29.3 Å². The first-order valence-electron chi connectivity index (χ1n) is 10.6. The Morgan fingerprint density at radius 3 is 2.50 bits per heavy atom. The van der Waals surface area contributed by atoms with Gasteiger partial charge in [0.05, 0.1) is 28.7 Å². The number of hydrogen-bond donors (Lipinski definition) is 2. The van der Waals surface area contributed by atoms with Crippen molar-refractivity contribution in [2.75, 3.05) is 11.1 Å². The molecule has 34 heavy (non-hydrogen) atoms. The maximum atomic E-state index is 14.1. The summed E-state index contributed by atoms with van der Waals surface area (Å²) < 4.78 is 15.6. The average molecular weight is 476 g/mol. The average Bonchev–Trinajstić information content (AvgIpc) is 3.32. The molecular weight excluding hydrogens is 453 g/mol. The predicted octanol–water partition coefficient (Wildman–Crippen LogP) is 4.63.